The van der Waals surface area contributed by atoms with Gasteiger partial charge in [0, 0.05) is 18.2 Å². The molecule has 0 amide bonds. The Kier molecular flexibility index (Phi) is 4.55. The molecule has 8 heteroatoms. The minimum Gasteiger partial charge on any atom is -0.496 e. The molecule has 142 valence electrons. The van der Waals surface area contributed by atoms with E-state index in [-0.39, 0.29) is 5.69 Å². The summed E-state index contributed by atoms with van der Waals surface area (Å²) in [5.74, 6) is 1.67. The fourth-order valence-electron chi connectivity index (χ4n) is 2.95. The van der Waals surface area contributed by atoms with Crippen LogP contribution in [0.2, 0.25) is 0 Å². The minimum atomic E-state index is -0.484. The van der Waals surface area contributed by atoms with Gasteiger partial charge in [-0.25, -0.2) is 4.98 Å². The molecule has 2 aromatic carbocycles. The van der Waals surface area contributed by atoms with Crippen LogP contribution in [0.5, 0.6) is 5.75 Å². The Balaban J connectivity index is 1.72. The van der Waals surface area contributed by atoms with Gasteiger partial charge in [-0.2, -0.15) is 5.26 Å². The van der Waals surface area contributed by atoms with Crippen LogP contribution in [0.3, 0.4) is 0 Å². The second-order valence-electron chi connectivity index (χ2n) is 6.12. The highest BCUT2D eigenvalue weighted by Crippen LogP contribution is 2.35. The van der Waals surface area contributed by atoms with Crippen molar-refractivity contribution in [3.05, 3.63) is 76.3 Å². The number of non-ortho nitro benzene ring substituents is 1. The lowest BCUT2D eigenvalue weighted by Crippen LogP contribution is -1.91. The summed E-state index contributed by atoms with van der Waals surface area (Å²) in [6, 6.07) is 17.2. The highest BCUT2D eigenvalue weighted by Gasteiger charge is 2.16. The number of hydrogen-bond acceptors (Lipinski definition) is 6. The molecule has 2 heterocycles. The Bertz CT molecular complexity index is 1260. The number of aromatic amines is 1. The molecule has 0 aliphatic rings. The molecule has 0 aliphatic carbocycles. The SMILES string of the molecule is COc1ccc([N+](=O)[O-])cc1-c1ccc(/C=C(/C#N)c2nc3ccccc3[nH]2)o1. The summed E-state index contributed by atoms with van der Waals surface area (Å²) in [5.41, 5.74) is 2.25. The van der Waals surface area contributed by atoms with Crippen LogP contribution >= 0.6 is 0 Å². The van der Waals surface area contributed by atoms with E-state index in [0.717, 1.165) is 11.0 Å². The van der Waals surface area contributed by atoms with E-state index < -0.39 is 4.92 Å². The summed E-state index contributed by atoms with van der Waals surface area (Å²) in [6.45, 7) is 0. The molecule has 8 nitrogen and oxygen atoms in total. The van der Waals surface area contributed by atoms with Gasteiger partial charge in [0.25, 0.3) is 5.69 Å². The number of para-hydroxylation sites is 2. The maximum absolute atomic E-state index is 11.1. The van der Waals surface area contributed by atoms with Crippen LogP contribution in [0.15, 0.2) is 59.0 Å². The second-order valence-corrected chi connectivity index (χ2v) is 6.12. The van der Waals surface area contributed by atoms with Gasteiger partial charge in [0.2, 0.25) is 0 Å². The molecule has 29 heavy (non-hydrogen) atoms. The maximum Gasteiger partial charge on any atom is 0.270 e. The Morgan fingerprint density at radius 3 is 2.83 bits per heavy atom. The van der Waals surface area contributed by atoms with E-state index in [9.17, 15) is 15.4 Å². The first-order valence-electron chi connectivity index (χ1n) is 8.58. The van der Waals surface area contributed by atoms with E-state index in [1.165, 1.54) is 25.3 Å². The zero-order chi connectivity index (χ0) is 20.4. The predicted molar refractivity (Wildman–Crippen MR) is 107 cm³/mol. The number of H-pyrrole nitrogens is 1. The molecular weight excluding hydrogens is 372 g/mol. The number of imidazole rings is 1. The minimum absolute atomic E-state index is 0.0747. The van der Waals surface area contributed by atoms with E-state index >= 15 is 0 Å². The molecule has 0 aliphatic heterocycles. The number of furan rings is 1. The van der Waals surface area contributed by atoms with Crippen LogP contribution in [0.1, 0.15) is 11.6 Å². The zero-order valence-corrected chi connectivity index (χ0v) is 15.2. The van der Waals surface area contributed by atoms with Crippen molar-refractivity contribution < 1.29 is 14.1 Å². The third kappa shape index (κ3) is 3.44. The van der Waals surface area contributed by atoms with Crippen LogP contribution < -0.4 is 4.74 Å². The average molecular weight is 386 g/mol. The van der Waals surface area contributed by atoms with Crippen molar-refractivity contribution in [3.63, 3.8) is 0 Å². The number of allylic oxidation sites excluding steroid dienone is 1. The van der Waals surface area contributed by atoms with E-state index in [1.807, 2.05) is 24.3 Å². The normalized spacial score (nSPS) is 11.4. The van der Waals surface area contributed by atoms with Crippen molar-refractivity contribution in [1.29, 1.82) is 5.26 Å². The van der Waals surface area contributed by atoms with Gasteiger partial charge in [-0.1, -0.05) is 12.1 Å². The van der Waals surface area contributed by atoms with Crippen LogP contribution in [0, 0.1) is 21.4 Å². The second kappa shape index (κ2) is 7.32. The number of methoxy groups -OCH3 is 1. The fraction of sp³-hybridized carbons (Fsp3) is 0.0476. The van der Waals surface area contributed by atoms with Crippen molar-refractivity contribution in [1.82, 2.24) is 9.97 Å². The van der Waals surface area contributed by atoms with E-state index in [2.05, 4.69) is 16.0 Å². The number of benzene rings is 2. The van der Waals surface area contributed by atoms with Gasteiger partial charge >= 0.3 is 0 Å². The van der Waals surface area contributed by atoms with E-state index in [1.54, 1.807) is 18.2 Å². The topological polar surface area (TPSA) is 118 Å². The molecule has 4 aromatic rings. The summed E-state index contributed by atoms with van der Waals surface area (Å²) in [4.78, 5) is 18.1. The molecule has 0 saturated carbocycles. The van der Waals surface area contributed by atoms with Crippen molar-refractivity contribution >= 4 is 28.4 Å². The number of nitrogens with one attached hydrogen (secondary N) is 1. The summed E-state index contributed by atoms with van der Waals surface area (Å²) < 4.78 is 11.1. The van der Waals surface area contributed by atoms with Crippen molar-refractivity contribution in [2.45, 2.75) is 0 Å². The first kappa shape index (κ1) is 18.0. The molecule has 0 bridgehead atoms. The predicted octanol–water partition coefficient (Wildman–Crippen LogP) is 4.80. The molecule has 0 unspecified atom stereocenters. The van der Waals surface area contributed by atoms with Crippen molar-refractivity contribution in [2.75, 3.05) is 7.11 Å². The highest BCUT2D eigenvalue weighted by molar-refractivity contribution is 5.89. The lowest BCUT2D eigenvalue weighted by atomic mass is 10.1. The molecule has 2 aromatic heterocycles. The highest BCUT2D eigenvalue weighted by atomic mass is 16.6. The molecule has 4 rings (SSSR count). The van der Waals surface area contributed by atoms with Gasteiger partial charge in [0.1, 0.15) is 29.2 Å². The van der Waals surface area contributed by atoms with Gasteiger partial charge in [-0.15, -0.1) is 0 Å². The third-order valence-corrected chi connectivity index (χ3v) is 4.34. The van der Waals surface area contributed by atoms with Crippen LogP contribution in [0.4, 0.5) is 5.69 Å². The third-order valence-electron chi connectivity index (χ3n) is 4.34. The zero-order valence-electron chi connectivity index (χ0n) is 15.2. The van der Waals surface area contributed by atoms with Crippen LogP contribution in [-0.4, -0.2) is 22.0 Å². The molecule has 0 atom stereocenters. The summed E-state index contributed by atoms with van der Waals surface area (Å²) in [6.07, 6.45) is 1.56. The summed E-state index contributed by atoms with van der Waals surface area (Å²) in [5, 5.41) is 20.6. The molecule has 0 saturated heterocycles. The number of nitro benzene ring substituents is 1. The first-order chi connectivity index (χ1) is 14.1. The van der Waals surface area contributed by atoms with Gasteiger partial charge in [0.15, 0.2) is 0 Å². The smallest absolute Gasteiger partial charge is 0.270 e. The summed E-state index contributed by atoms with van der Waals surface area (Å²) >= 11 is 0. The maximum atomic E-state index is 11.1. The number of nitriles is 1. The lowest BCUT2D eigenvalue weighted by Gasteiger charge is -2.05. The number of fused-ring (bicyclic) bond motifs is 1. The molecule has 0 fully saturated rings. The van der Waals surface area contributed by atoms with Crippen LogP contribution in [-0.2, 0) is 0 Å². The number of nitro groups is 1. The Morgan fingerprint density at radius 2 is 2.10 bits per heavy atom. The monoisotopic (exact) mass is 386 g/mol. The standard InChI is InChI=1S/C21H14N4O4/c1-28-19-8-6-14(25(26)27)11-16(19)20-9-7-15(29-20)10-13(12-22)21-23-17-4-2-3-5-18(17)24-21/h2-11H,1H3,(H,23,24)/b13-10-. The molecular formula is C21H14N4O4. The number of ether oxygens (including phenoxy) is 1. The number of hydrogen-bond donors (Lipinski definition) is 1. The Labute approximate surface area is 164 Å². The van der Waals surface area contributed by atoms with E-state index in [4.69, 9.17) is 9.15 Å². The number of aromatic nitrogens is 2. The van der Waals surface area contributed by atoms with Crippen molar-refractivity contribution in [2.24, 2.45) is 0 Å². The fourth-order valence-corrected chi connectivity index (χ4v) is 2.95. The number of rotatable bonds is 5. The average Bonchev–Trinajstić information content (AvgIpc) is 3.38. The number of nitrogens with zero attached hydrogens (tertiary/aromatic N) is 3. The lowest BCUT2D eigenvalue weighted by molar-refractivity contribution is -0.384. The van der Waals surface area contributed by atoms with Gasteiger partial charge in [-0.05, 0) is 30.3 Å². The van der Waals surface area contributed by atoms with E-state index in [0.29, 0.717) is 34.2 Å². The van der Waals surface area contributed by atoms with Crippen molar-refractivity contribution in [3.8, 4) is 23.1 Å². The first-order valence-corrected chi connectivity index (χ1v) is 8.58. The molecule has 0 radical (unpaired) electrons. The van der Waals surface area contributed by atoms with Gasteiger partial charge in [-0.3, -0.25) is 10.1 Å². The van der Waals surface area contributed by atoms with Crippen LogP contribution in [0.25, 0.3) is 34.0 Å². The van der Waals surface area contributed by atoms with Gasteiger partial charge < -0.3 is 14.1 Å². The Morgan fingerprint density at radius 1 is 1.28 bits per heavy atom. The summed E-state index contributed by atoms with van der Waals surface area (Å²) in [7, 11) is 1.48. The molecule has 1 N–H and O–H groups in total. The Hall–Kier alpha value is -4.38. The molecule has 0 spiro atoms. The quantitative estimate of drug-likeness (QED) is 0.299. The largest absolute Gasteiger partial charge is 0.496 e. The van der Waals surface area contributed by atoms with Gasteiger partial charge in [0.05, 0.1) is 34.2 Å².